The van der Waals surface area contributed by atoms with Crippen LogP contribution >= 0.6 is 0 Å². The fourth-order valence-corrected chi connectivity index (χ4v) is 0.576. The molecule has 1 N–H and O–H groups in total. The highest BCUT2D eigenvalue weighted by molar-refractivity contribution is 5.09. The summed E-state index contributed by atoms with van der Waals surface area (Å²) < 4.78 is 1.48. The fourth-order valence-electron chi connectivity index (χ4n) is 0.576. The van der Waals surface area contributed by atoms with Crippen molar-refractivity contribution in [2.24, 2.45) is 7.05 Å². The van der Waals surface area contributed by atoms with Gasteiger partial charge >= 0.3 is 0 Å². The standard InChI is InChI=1S/C6H7N3O/c1-3-6(10)5-4-9(2)8-7-5/h1,4,6,10H,2H3. The van der Waals surface area contributed by atoms with Crippen molar-refractivity contribution in [1.29, 1.82) is 0 Å². The lowest BCUT2D eigenvalue weighted by atomic mass is 10.3. The van der Waals surface area contributed by atoms with E-state index in [2.05, 4.69) is 16.2 Å². The zero-order valence-corrected chi connectivity index (χ0v) is 5.52. The number of aliphatic hydroxyl groups excluding tert-OH is 1. The molecule has 1 atom stereocenters. The van der Waals surface area contributed by atoms with E-state index in [1.54, 1.807) is 13.2 Å². The lowest BCUT2D eigenvalue weighted by Crippen LogP contribution is -1.92. The van der Waals surface area contributed by atoms with Gasteiger partial charge in [-0.1, -0.05) is 11.1 Å². The molecule has 4 heteroatoms. The monoisotopic (exact) mass is 137 g/mol. The maximum Gasteiger partial charge on any atom is 0.160 e. The molecule has 1 aromatic heterocycles. The molecular formula is C6H7N3O. The third kappa shape index (κ3) is 1.14. The van der Waals surface area contributed by atoms with Crippen LogP contribution in [0.25, 0.3) is 0 Å². The Labute approximate surface area is 58.5 Å². The van der Waals surface area contributed by atoms with Crippen molar-refractivity contribution < 1.29 is 5.11 Å². The first-order valence-electron chi connectivity index (χ1n) is 2.74. The SMILES string of the molecule is C#CC(O)c1cn(C)nn1. The number of rotatable bonds is 1. The van der Waals surface area contributed by atoms with E-state index in [0.29, 0.717) is 5.69 Å². The van der Waals surface area contributed by atoms with E-state index >= 15 is 0 Å². The zero-order valence-electron chi connectivity index (χ0n) is 5.52. The smallest absolute Gasteiger partial charge is 0.160 e. The Morgan fingerprint density at radius 2 is 2.60 bits per heavy atom. The number of terminal acetylenes is 1. The minimum absolute atomic E-state index is 0.407. The second-order valence-electron chi connectivity index (χ2n) is 1.89. The van der Waals surface area contributed by atoms with Crippen LogP contribution < -0.4 is 0 Å². The summed E-state index contributed by atoms with van der Waals surface area (Å²) in [5.41, 5.74) is 0.407. The summed E-state index contributed by atoms with van der Waals surface area (Å²) in [5.74, 6) is 2.13. The largest absolute Gasteiger partial charge is 0.374 e. The van der Waals surface area contributed by atoms with Crippen molar-refractivity contribution in [2.75, 3.05) is 0 Å². The number of hydrogen-bond donors (Lipinski definition) is 1. The van der Waals surface area contributed by atoms with Crippen molar-refractivity contribution in [3.63, 3.8) is 0 Å². The molecule has 1 rings (SSSR count). The highest BCUT2D eigenvalue weighted by atomic mass is 16.3. The molecule has 0 aromatic carbocycles. The molecule has 0 aliphatic heterocycles. The molecular weight excluding hydrogens is 130 g/mol. The molecule has 1 heterocycles. The van der Waals surface area contributed by atoms with E-state index in [1.165, 1.54) is 4.68 Å². The van der Waals surface area contributed by atoms with Crippen LogP contribution in [0.4, 0.5) is 0 Å². The van der Waals surface area contributed by atoms with Gasteiger partial charge in [0.25, 0.3) is 0 Å². The molecule has 0 amide bonds. The maximum absolute atomic E-state index is 8.99. The summed E-state index contributed by atoms with van der Waals surface area (Å²) in [5, 5.41) is 16.2. The summed E-state index contributed by atoms with van der Waals surface area (Å²) in [6, 6.07) is 0. The van der Waals surface area contributed by atoms with Crippen LogP contribution in [0.1, 0.15) is 11.8 Å². The van der Waals surface area contributed by atoms with Crippen LogP contribution in [-0.4, -0.2) is 20.1 Å². The van der Waals surface area contributed by atoms with Crippen LogP contribution in [0.5, 0.6) is 0 Å². The Bertz CT molecular complexity index is 260. The fraction of sp³-hybridized carbons (Fsp3) is 0.333. The summed E-state index contributed by atoms with van der Waals surface area (Å²) in [6.45, 7) is 0. The maximum atomic E-state index is 8.99. The number of aryl methyl sites for hydroxylation is 1. The van der Waals surface area contributed by atoms with Crippen molar-refractivity contribution in [3.05, 3.63) is 11.9 Å². The van der Waals surface area contributed by atoms with E-state index < -0.39 is 6.10 Å². The van der Waals surface area contributed by atoms with Crippen molar-refractivity contribution in [1.82, 2.24) is 15.0 Å². The van der Waals surface area contributed by atoms with Crippen LogP contribution in [-0.2, 0) is 7.05 Å². The van der Waals surface area contributed by atoms with E-state index in [9.17, 15) is 0 Å². The van der Waals surface area contributed by atoms with Gasteiger partial charge in [-0.05, 0) is 0 Å². The first kappa shape index (κ1) is 6.78. The van der Waals surface area contributed by atoms with Crippen molar-refractivity contribution >= 4 is 0 Å². The van der Waals surface area contributed by atoms with Gasteiger partial charge in [-0.3, -0.25) is 4.68 Å². The molecule has 1 aromatic rings. The van der Waals surface area contributed by atoms with E-state index in [4.69, 9.17) is 11.5 Å². The Balaban J connectivity index is 2.87. The van der Waals surface area contributed by atoms with Crippen molar-refractivity contribution in [2.45, 2.75) is 6.10 Å². The molecule has 52 valence electrons. The normalized spacial score (nSPS) is 12.5. The Morgan fingerprint density at radius 3 is 3.00 bits per heavy atom. The third-order valence-corrected chi connectivity index (χ3v) is 1.06. The predicted octanol–water partition coefficient (Wildman–Crippen LogP) is -0.518. The topological polar surface area (TPSA) is 50.9 Å². The Kier molecular flexibility index (Phi) is 1.69. The molecule has 0 fully saturated rings. The van der Waals surface area contributed by atoms with E-state index in [0.717, 1.165) is 0 Å². The molecule has 0 bridgehead atoms. The number of hydrogen-bond acceptors (Lipinski definition) is 3. The summed E-state index contributed by atoms with van der Waals surface area (Å²) in [7, 11) is 1.71. The molecule has 4 nitrogen and oxygen atoms in total. The lowest BCUT2D eigenvalue weighted by Gasteiger charge is -1.92. The van der Waals surface area contributed by atoms with Gasteiger partial charge in [-0.2, -0.15) is 0 Å². The number of aromatic nitrogens is 3. The molecule has 0 radical (unpaired) electrons. The van der Waals surface area contributed by atoms with Gasteiger partial charge in [-0.15, -0.1) is 11.5 Å². The Morgan fingerprint density at radius 1 is 1.90 bits per heavy atom. The van der Waals surface area contributed by atoms with Gasteiger partial charge in [0.2, 0.25) is 0 Å². The van der Waals surface area contributed by atoms with Crippen LogP contribution in [0.2, 0.25) is 0 Å². The van der Waals surface area contributed by atoms with Crippen LogP contribution in [0.3, 0.4) is 0 Å². The average molecular weight is 137 g/mol. The minimum atomic E-state index is -0.936. The van der Waals surface area contributed by atoms with Gasteiger partial charge in [0, 0.05) is 7.05 Å². The highest BCUT2D eigenvalue weighted by Crippen LogP contribution is 2.04. The van der Waals surface area contributed by atoms with Crippen LogP contribution in [0, 0.1) is 12.3 Å². The zero-order chi connectivity index (χ0) is 7.56. The van der Waals surface area contributed by atoms with Gasteiger partial charge < -0.3 is 5.11 Å². The molecule has 0 saturated carbocycles. The first-order valence-corrected chi connectivity index (χ1v) is 2.74. The Hall–Kier alpha value is -1.34. The predicted molar refractivity (Wildman–Crippen MR) is 34.8 cm³/mol. The van der Waals surface area contributed by atoms with Gasteiger partial charge in [0.15, 0.2) is 6.10 Å². The summed E-state index contributed by atoms with van der Waals surface area (Å²) >= 11 is 0. The van der Waals surface area contributed by atoms with Crippen LogP contribution in [0.15, 0.2) is 6.20 Å². The first-order chi connectivity index (χ1) is 4.74. The second-order valence-corrected chi connectivity index (χ2v) is 1.89. The number of nitrogens with zero attached hydrogens (tertiary/aromatic N) is 3. The van der Waals surface area contributed by atoms with Crippen molar-refractivity contribution in [3.8, 4) is 12.3 Å². The molecule has 0 saturated heterocycles. The average Bonchev–Trinajstić information content (AvgIpc) is 2.34. The third-order valence-electron chi connectivity index (χ3n) is 1.06. The van der Waals surface area contributed by atoms with Gasteiger partial charge in [0.05, 0.1) is 6.20 Å². The highest BCUT2D eigenvalue weighted by Gasteiger charge is 2.05. The minimum Gasteiger partial charge on any atom is -0.374 e. The lowest BCUT2D eigenvalue weighted by molar-refractivity contribution is 0.233. The molecule has 0 aliphatic carbocycles. The summed E-state index contributed by atoms with van der Waals surface area (Å²) in [4.78, 5) is 0. The van der Waals surface area contributed by atoms with E-state index in [1.807, 2.05) is 0 Å². The van der Waals surface area contributed by atoms with Gasteiger partial charge in [0.1, 0.15) is 5.69 Å². The van der Waals surface area contributed by atoms with Gasteiger partial charge in [-0.25, -0.2) is 0 Å². The van der Waals surface area contributed by atoms with E-state index in [-0.39, 0.29) is 0 Å². The quantitative estimate of drug-likeness (QED) is 0.530. The molecule has 0 spiro atoms. The second kappa shape index (κ2) is 2.50. The molecule has 0 aliphatic rings. The number of aliphatic hydroxyl groups is 1. The molecule has 10 heavy (non-hydrogen) atoms. The molecule has 1 unspecified atom stereocenters. The summed E-state index contributed by atoms with van der Waals surface area (Å²) in [6.07, 6.45) is 5.57.